The summed E-state index contributed by atoms with van der Waals surface area (Å²) in [5.41, 5.74) is 0. The average molecular weight is 179 g/mol. The van der Waals surface area contributed by atoms with Gasteiger partial charge in [0.1, 0.15) is 0 Å². The zero-order valence-corrected chi connectivity index (χ0v) is 7.38. The fourth-order valence-corrected chi connectivity index (χ4v) is 0.812. The SMILES string of the molecule is CCOC(=O)N(CS)CCO. The Labute approximate surface area is 71.5 Å². The quantitative estimate of drug-likeness (QED) is 0.483. The van der Waals surface area contributed by atoms with Crippen LogP contribution in [0.25, 0.3) is 0 Å². The van der Waals surface area contributed by atoms with E-state index < -0.39 is 6.09 Å². The number of aliphatic hydroxyl groups is 1. The molecular formula is C6H13NO3S. The summed E-state index contributed by atoms with van der Waals surface area (Å²) in [6.07, 6.45) is -0.434. The molecule has 0 aliphatic carbocycles. The highest BCUT2D eigenvalue weighted by molar-refractivity contribution is 7.80. The van der Waals surface area contributed by atoms with Gasteiger partial charge < -0.3 is 9.84 Å². The van der Waals surface area contributed by atoms with Crippen molar-refractivity contribution in [2.45, 2.75) is 6.92 Å². The molecule has 0 aromatic heterocycles. The van der Waals surface area contributed by atoms with Gasteiger partial charge in [-0.15, -0.1) is 0 Å². The molecular weight excluding hydrogens is 166 g/mol. The van der Waals surface area contributed by atoms with Crippen LogP contribution in [0.1, 0.15) is 6.92 Å². The van der Waals surface area contributed by atoms with E-state index in [1.807, 2.05) is 0 Å². The van der Waals surface area contributed by atoms with Crippen LogP contribution in [0.15, 0.2) is 0 Å². The summed E-state index contributed by atoms with van der Waals surface area (Å²) < 4.78 is 4.67. The minimum Gasteiger partial charge on any atom is -0.450 e. The van der Waals surface area contributed by atoms with Crippen molar-refractivity contribution < 1.29 is 14.6 Å². The van der Waals surface area contributed by atoms with Gasteiger partial charge in [-0.25, -0.2) is 4.79 Å². The van der Waals surface area contributed by atoms with Crippen LogP contribution in [-0.2, 0) is 4.74 Å². The number of hydrogen-bond acceptors (Lipinski definition) is 4. The molecule has 0 spiro atoms. The lowest BCUT2D eigenvalue weighted by atomic mass is 10.6. The lowest BCUT2D eigenvalue weighted by Crippen LogP contribution is -2.33. The third-order valence-electron chi connectivity index (χ3n) is 1.07. The number of amides is 1. The number of hydrogen-bond donors (Lipinski definition) is 2. The van der Waals surface area contributed by atoms with Crippen molar-refractivity contribution in [2.24, 2.45) is 0 Å². The number of thiol groups is 1. The first-order valence-corrected chi connectivity index (χ1v) is 4.03. The van der Waals surface area contributed by atoms with Crippen LogP contribution in [-0.4, -0.2) is 41.7 Å². The summed E-state index contributed by atoms with van der Waals surface area (Å²) in [6, 6.07) is 0. The van der Waals surface area contributed by atoms with Crippen LogP contribution in [0, 0.1) is 0 Å². The van der Waals surface area contributed by atoms with Gasteiger partial charge in [-0.3, -0.25) is 4.90 Å². The van der Waals surface area contributed by atoms with E-state index in [1.54, 1.807) is 6.92 Å². The van der Waals surface area contributed by atoms with E-state index in [2.05, 4.69) is 17.4 Å². The van der Waals surface area contributed by atoms with Gasteiger partial charge in [0.05, 0.1) is 19.1 Å². The number of aliphatic hydroxyl groups excluding tert-OH is 1. The lowest BCUT2D eigenvalue weighted by Gasteiger charge is -2.17. The van der Waals surface area contributed by atoms with Gasteiger partial charge in [0.25, 0.3) is 0 Å². The Morgan fingerprint density at radius 3 is 2.73 bits per heavy atom. The van der Waals surface area contributed by atoms with Crippen LogP contribution in [0.3, 0.4) is 0 Å². The standard InChI is InChI=1S/C6H13NO3S/c1-2-10-6(9)7(5-11)3-4-8/h8,11H,2-5H2,1H3. The number of nitrogens with zero attached hydrogens (tertiary/aromatic N) is 1. The predicted molar refractivity (Wildman–Crippen MR) is 44.7 cm³/mol. The second-order valence-corrected chi connectivity index (χ2v) is 2.11. The maximum absolute atomic E-state index is 10.9. The Hall–Kier alpha value is -0.420. The second-order valence-electron chi connectivity index (χ2n) is 1.83. The van der Waals surface area contributed by atoms with Crippen molar-refractivity contribution in [3.8, 4) is 0 Å². The molecule has 4 nitrogen and oxygen atoms in total. The molecule has 0 saturated carbocycles. The molecule has 0 aliphatic rings. The van der Waals surface area contributed by atoms with Gasteiger partial charge >= 0.3 is 6.09 Å². The average Bonchev–Trinajstić information content (AvgIpc) is 2.00. The van der Waals surface area contributed by atoms with Gasteiger partial charge in [0, 0.05) is 6.54 Å². The summed E-state index contributed by atoms with van der Waals surface area (Å²) in [7, 11) is 0. The van der Waals surface area contributed by atoms with E-state index in [1.165, 1.54) is 4.90 Å². The van der Waals surface area contributed by atoms with E-state index in [-0.39, 0.29) is 19.0 Å². The summed E-state index contributed by atoms with van der Waals surface area (Å²) in [5.74, 6) is 0.263. The number of ether oxygens (including phenoxy) is 1. The Kier molecular flexibility index (Phi) is 6.06. The van der Waals surface area contributed by atoms with E-state index in [0.29, 0.717) is 6.61 Å². The third-order valence-corrected chi connectivity index (χ3v) is 1.41. The monoisotopic (exact) mass is 179 g/mol. The van der Waals surface area contributed by atoms with E-state index in [9.17, 15) is 4.79 Å². The fourth-order valence-electron chi connectivity index (χ4n) is 0.555. The molecule has 66 valence electrons. The minimum atomic E-state index is -0.434. The van der Waals surface area contributed by atoms with E-state index in [0.717, 1.165) is 0 Å². The molecule has 0 unspecified atom stereocenters. The van der Waals surface area contributed by atoms with Crippen LogP contribution in [0.5, 0.6) is 0 Å². The first-order valence-electron chi connectivity index (χ1n) is 3.39. The van der Waals surface area contributed by atoms with Crippen molar-refractivity contribution in [2.75, 3.05) is 25.6 Å². The van der Waals surface area contributed by atoms with E-state index >= 15 is 0 Å². The highest BCUT2D eigenvalue weighted by Crippen LogP contribution is 1.94. The summed E-state index contributed by atoms with van der Waals surface area (Å²) in [6.45, 7) is 2.27. The molecule has 0 saturated heterocycles. The largest absolute Gasteiger partial charge is 0.450 e. The molecule has 5 heteroatoms. The van der Waals surface area contributed by atoms with Crippen LogP contribution < -0.4 is 0 Å². The van der Waals surface area contributed by atoms with Gasteiger partial charge in [-0.1, -0.05) is 0 Å². The number of carbonyl (C=O) groups is 1. The van der Waals surface area contributed by atoms with Gasteiger partial charge in [-0.05, 0) is 6.92 Å². The van der Waals surface area contributed by atoms with Crippen LogP contribution in [0.2, 0.25) is 0 Å². The zero-order valence-electron chi connectivity index (χ0n) is 6.49. The summed E-state index contributed by atoms with van der Waals surface area (Å²) in [5, 5.41) is 8.50. The number of rotatable bonds is 4. The summed E-state index contributed by atoms with van der Waals surface area (Å²) in [4.78, 5) is 12.2. The molecule has 0 heterocycles. The second kappa shape index (κ2) is 6.30. The molecule has 0 radical (unpaired) electrons. The van der Waals surface area contributed by atoms with E-state index in [4.69, 9.17) is 5.11 Å². The molecule has 0 fully saturated rings. The predicted octanol–water partition coefficient (Wildman–Crippen LogP) is 0.325. The van der Waals surface area contributed by atoms with Crippen molar-refractivity contribution in [1.29, 1.82) is 0 Å². The topological polar surface area (TPSA) is 49.8 Å². The molecule has 0 aliphatic heterocycles. The Balaban J connectivity index is 3.71. The molecule has 0 aromatic carbocycles. The molecule has 1 N–H and O–H groups in total. The molecule has 0 rings (SSSR count). The molecule has 0 bridgehead atoms. The Bertz CT molecular complexity index is 120. The zero-order chi connectivity index (χ0) is 8.69. The summed E-state index contributed by atoms with van der Waals surface area (Å²) >= 11 is 3.90. The van der Waals surface area contributed by atoms with Gasteiger partial charge in [0.15, 0.2) is 0 Å². The highest BCUT2D eigenvalue weighted by atomic mass is 32.1. The first kappa shape index (κ1) is 10.6. The molecule has 0 aromatic rings. The third kappa shape index (κ3) is 4.10. The lowest BCUT2D eigenvalue weighted by molar-refractivity contribution is 0.106. The van der Waals surface area contributed by atoms with Crippen LogP contribution >= 0.6 is 12.6 Å². The Morgan fingerprint density at radius 2 is 2.36 bits per heavy atom. The minimum absolute atomic E-state index is 0.0701. The smallest absolute Gasteiger partial charge is 0.410 e. The molecule has 11 heavy (non-hydrogen) atoms. The normalized spacial score (nSPS) is 9.36. The van der Waals surface area contributed by atoms with Crippen molar-refractivity contribution in [1.82, 2.24) is 4.90 Å². The molecule has 0 atom stereocenters. The highest BCUT2D eigenvalue weighted by Gasteiger charge is 2.10. The fraction of sp³-hybridized carbons (Fsp3) is 0.833. The van der Waals surface area contributed by atoms with Crippen molar-refractivity contribution >= 4 is 18.7 Å². The van der Waals surface area contributed by atoms with Gasteiger partial charge in [0.2, 0.25) is 0 Å². The maximum Gasteiger partial charge on any atom is 0.410 e. The maximum atomic E-state index is 10.9. The van der Waals surface area contributed by atoms with Crippen LogP contribution in [0.4, 0.5) is 4.79 Å². The first-order chi connectivity index (χ1) is 5.26. The number of carbonyl (C=O) groups excluding carboxylic acids is 1. The van der Waals surface area contributed by atoms with Crippen molar-refractivity contribution in [3.63, 3.8) is 0 Å². The van der Waals surface area contributed by atoms with Crippen molar-refractivity contribution in [3.05, 3.63) is 0 Å². The Morgan fingerprint density at radius 1 is 1.73 bits per heavy atom. The van der Waals surface area contributed by atoms with Gasteiger partial charge in [-0.2, -0.15) is 12.6 Å². The molecule has 1 amide bonds.